The van der Waals surface area contributed by atoms with Crippen molar-refractivity contribution < 1.29 is 9.18 Å². The molecule has 2 heterocycles. The molecule has 0 aliphatic carbocycles. The zero-order valence-corrected chi connectivity index (χ0v) is 13.6. The molecule has 4 nitrogen and oxygen atoms in total. The van der Waals surface area contributed by atoms with Gasteiger partial charge in [0.05, 0.1) is 5.56 Å². The SMILES string of the molecule is CN1CC2CN(C(=O)c3ccccc3F)CCN2C(C)(C)C1. The van der Waals surface area contributed by atoms with Gasteiger partial charge in [0.1, 0.15) is 5.82 Å². The van der Waals surface area contributed by atoms with Crippen molar-refractivity contribution >= 4 is 5.91 Å². The molecular formula is C17H24FN3O. The van der Waals surface area contributed by atoms with E-state index in [2.05, 4.69) is 30.7 Å². The third kappa shape index (κ3) is 2.75. The molecule has 5 heteroatoms. The summed E-state index contributed by atoms with van der Waals surface area (Å²) in [4.78, 5) is 19.2. The van der Waals surface area contributed by atoms with E-state index in [0.29, 0.717) is 19.1 Å². The first-order valence-electron chi connectivity index (χ1n) is 7.87. The van der Waals surface area contributed by atoms with Gasteiger partial charge in [-0.25, -0.2) is 4.39 Å². The predicted molar refractivity (Wildman–Crippen MR) is 84.4 cm³/mol. The molecule has 0 bridgehead atoms. The molecule has 2 aliphatic rings. The van der Waals surface area contributed by atoms with Gasteiger partial charge in [0, 0.05) is 44.3 Å². The van der Waals surface area contributed by atoms with E-state index in [9.17, 15) is 9.18 Å². The van der Waals surface area contributed by atoms with Crippen LogP contribution in [0.15, 0.2) is 24.3 Å². The Labute approximate surface area is 131 Å². The van der Waals surface area contributed by atoms with E-state index in [1.54, 1.807) is 23.1 Å². The van der Waals surface area contributed by atoms with E-state index >= 15 is 0 Å². The third-order valence-electron chi connectivity index (χ3n) is 4.83. The molecular weight excluding hydrogens is 281 g/mol. The van der Waals surface area contributed by atoms with Crippen LogP contribution in [-0.2, 0) is 0 Å². The number of likely N-dealkylation sites (N-methyl/N-ethyl adjacent to an activating group) is 1. The first-order chi connectivity index (χ1) is 10.4. The van der Waals surface area contributed by atoms with Crippen LogP contribution >= 0.6 is 0 Å². The van der Waals surface area contributed by atoms with Gasteiger partial charge < -0.3 is 9.80 Å². The van der Waals surface area contributed by atoms with Gasteiger partial charge in [0.15, 0.2) is 0 Å². The van der Waals surface area contributed by atoms with Crippen molar-refractivity contribution in [1.82, 2.24) is 14.7 Å². The summed E-state index contributed by atoms with van der Waals surface area (Å²) < 4.78 is 13.8. The normalized spacial score (nSPS) is 25.8. The van der Waals surface area contributed by atoms with Crippen molar-refractivity contribution in [1.29, 1.82) is 0 Å². The molecule has 1 atom stereocenters. The van der Waals surface area contributed by atoms with Gasteiger partial charge in [-0.15, -0.1) is 0 Å². The second-order valence-corrected chi connectivity index (χ2v) is 7.09. The first kappa shape index (κ1) is 15.4. The Bertz CT molecular complexity index is 575. The van der Waals surface area contributed by atoms with E-state index < -0.39 is 5.82 Å². The standard InChI is InChI=1S/C17H24FN3O/c1-17(2)12-19(3)10-13-11-20(8-9-21(13)17)16(22)14-6-4-5-7-15(14)18/h4-7,13H,8-12H2,1-3H3. The van der Waals surface area contributed by atoms with Crippen LogP contribution in [0.25, 0.3) is 0 Å². The summed E-state index contributed by atoms with van der Waals surface area (Å²) in [5, 5.41) is 0. The predicted octanol–water partition coefficient (Wildman–Crippen LogP) is 1.68. The molecule has 120 valence electrons. The molecule has 1 amide bonds. The van der Waals surface area contributed by atoms with Crippen LogP contribution in [-0.4, -0.2) is 72.0 Å². The fourth-order valence-electron chi connectivity index (χ4n) is 3.97. The molecule has 1 aromatic rings. The van der Waals surface area contributed by atoms with Gasteiger partial charge in [-0.05, 0) is 33.0 Å². The molecule has 0 spiro atoms. The van der Waals surface area contributed by atoms with Crippen LogP contribution < -0.4 is 0 Å². The number of carbonyl (C=O) groups is 1. The number of hydrogen-bond acceptors (Lipinski definition) is 3. The number of hydrogen-bond donors (Lipinski definition) is 0. The van der Waals surface area contributed by atoms with Crippen molar-refractivity contribution in [2.24, 2.45) is 0 Å². The molecule has 22 heavy (non-hydrogen) atoms. The number of fused-ring (bicyclic) bond motifs is 1. The lowest BCUT2D eigenvalue weighted by atomic mass is 9.93. The number of rotatable bonds is 1. The molecule has 3 rings (SSSR count). The molecule has 2 saturated heterocycles. The van der Waals surface area contributed by atoms with E-state index in [1.165, 1.54) is 6.07 Å². The molecule has 0 radical (unpaired) electrons. The summed E-state index contributed by atoms with van der Waals surface area (Å²) >= 11 is 0. The van der Waals surface area contributed by atoms with Crippen molar-refractivity contribution in [2.75, 3.05) is 39.8 Å². The molecule has 1 unspecified atom stereocenters. The second-order valence-electron chi connectivity index (χ2n) is 7.09. The van der Waals surface area contributed by atoms with E-state index in [0.717, 1.165) is 19.6 Å². The Kier molecular flexibility index (Phi) is 3.95. The summed E-state index contributed by atoms with van der Waals surface area (Å²) in [6.45, 7) is 8.67. The topological polar surface area (TPSA) is 26.8 Å². The van der Waals surface area contributed by atoms with Crippen molar-refractivity contribution in [3.63, 3.8) is 0 Å². The second kappa shape index (κ2) is 5.63. The number of nitrogens with zero attached hydrogens (tertiary/aromatic N) is 3. The van der Waals surface area contributed by atoms with Crippen LogP contribution in [0.4, 0.5) is 4.39 Å². The molecule has 2 aliphatic heterocycles. The molecule has 1 aromatic carbocycles. The zero-order chi connectivity index (χ0) is 15.9. The largest absolute Gasteiger partial charge is 0.336 e. The van der Waals surface area contributed by atoms with Crippen molar-refractivity contribution in [2.45, 2.75) is 25.4 Å². The molecule has 0 saturated carbocycles. The summed E-state index contributed by atoms with van der Waals surface area (Å²) in [5.74, 6) is -0.625. The lowest BCUT2D eigenvalue weighted by molar-refractivity contribution is -0.0519. The van der Waals surface area contributed by atoms with Crippen LogP contribution in [0.2, 0.25) is 0 Å². The Morgan fingerprint density at radius 2 is 1.95 bits per heavy atom. The monoisotopic (exact) mass is 305 g/mol. The summed E-state index contributed by atoms with van der Waals surface area (Å²) in [7, 11) is 2.12. The maximum atomic E-state index is 13.8. The maximum Gasteiger partial charge on any atom is 0.256 e. The van der Waals surface area contributed by atoms with Crippen molar-refractivity contribution in [3.8, 4) is 0 Å². The van der Waals surface area contributed by atoms with E-state index in [-0.39, 0.29) is 17.0 Å². The number of amides is 1. The fourth-order valence-corrected chi connectivity index (χ4v) is 3.97. The number of piperazine rings is 2. The van der Waals surface area contributed by atoms with Gasteiger partial charge in [-0.3, -0.25) is 9.69 Å². The number of halogens is 1. The minimum absolute atomic E-state index is 0.116. The lowest BCUT2D eigenvalue weighted by Crippen LogP contribution is -2.69. The van der Waals surface area contributed by atoms with Crippen LogP contribution in [0.5, 0.6) is 0 Å². The molecule has 0 aromatic heterocycles. The maximum absolute atomic E-state index is 13.8. The van der Waals surface area contributed by atoms with E-state index in [4.69, 9.17) is 0 Å². The van der Waals surface area contributed by atoms with Crippen molar-refractivity contribution in [3.05, 3.63) is 35.6 Å². The smallest absolute Gasteiger partial charge is 0.256 e. The highest BCUT2D eigenvalue weighted by atomic mass is 19.1. The summed E-state index contributed by atoms with van der Waals surface area (Å²) in [6, 6.07) is 6.56. The highest BCUT2D eigenvalue weighted by Gasteiger charge is 2.42. The highest BCUT2D eigenvalue weighted by molar-refractivity contribution is 5.94. The third-order valence-corrected chi connectivity index (χ3v) is 4.83. The first-order valence-corrected chi connectivity index (χ1v) is 7.87. The Morgan fingerprint density at radius 1 is 1.23 bits per heavy atom. The summed E-state index contributed by atoms with van der Waals surface area (Å²) in [6.07, 6.45) is 0. The Balaban J connectivity index is 1.77. The number of benzene rings is 1. The Hall–Kier alpha value is -1.46. The minimum atomic E-state index is -0.434. The van der Waals surface area contributed by atoms with Gasteiger partial charge in [0.2, 0.25) is 0 Å². The molecule has 0 N–H and O–H groups in total. The Morgan fingerprint density at radius 3 is 2.68 bits per heavy atom. The lowest BCUT2D eigenvalue weighted by Gasteiger charge is -2.55. The van der Waals surface area contributed by atoms with Gasteiger partial charge in [0.25, 0.3) is 5.91 Å². The van der Waals surface area contributed by atoms with Gasteiger partial charge >= 0.3 is 0 Å². The highest BCUT2D eigenvalue weighted by Crippen LogP contribution is 2.28. The molecule has 2 fully saturated rings. The van der Waals surface area contributed by atoms with Crippen LogP contribution in [0, 0.1) is 5.82 Å². The number of carbonyl (C=O) groups excluding carboxylic acids is 1. The van der Waals surface area contributed by atoms with Crippen LogP contribution in [0.1, 0.15) is 24.2 Å². The minimum Gasteiger partial charge on any atom is -0.336 e. The average Bonchev–Trinajstić information content (AvgIpc) is 2.45. The average molecular weight is 305 g/mol. The zero-order valence-electron chi connectivity index (χ0n) is 13.6. The van der Waals surface area contributed by atoms with Crippen LogP contribution in [0.3, 0.4) is 0 Å². The summed E-state index contributed by atoms with van der Waals surface area (Å²) in [5.41, 5.74) is 0.296. The van der Waals surface area contributed by atoms with Gasteiger partial charge in [-0.2, -0.15) is 0 Å². The van der Waals surface area contributed by atoms with E-state index in [1.807, 2.05) is 0 Å². The fraction of sp³-hybridized carbons (Fsp3) is 0.588. The van der Waals surface area contributed by atoms with Gasteiger partial charge in [-0.1, -0.05) is 12.1 Å². The quantitative estimate of drug-likeness (QED) is 0.790.